The van der Waals surface area contributed by atoms with E-state index in [1.54, 1.807) is 79.8 Å². The maximum atomic E-state index is 13.9. The summed E-state index contributed by atoms with van der Waals surface area (Å²) in [6, 6.07) is 24.4. The maximum absolute atomic E-state index is 13.9. The van der Waals surface area contributed by atoms with Crippen LogP contribution in [0.25, 0.3) is 0 Å². The smallest absolute Gasteiger partial charge is 0.258 e. The number of nitrogens with one attached hydrogen (secondary N) is 1. The Balaban J connectivity index is 1.64. The molecule has 2 amide bonds. The molecule has 1 N–H and O–H groups in total. The molecule has 0 heterocycles. The zero-order valence-electron chi connectivity index (χ0n) is 23.6. The lowest BCUT2D eigenvalue weighted by atomic mass is 10.1. The van der Waals surface area contributed by atoms with Gasteiger partial charge in [0.1, 0.15) is 11.5 Å². The minimum atomic E-state index is -0.297. The molecule has 0 aromatic heterocycles. The zero-order valence-corrected chi connectivity index (χ0v) is 23.6. The molecule has 4 rings (SSSR count). The van der Waals surface area contributed by atoms with Gasteiger partial charge in [0.15, 0.2) is 11.5 Å². The van der Waals surface area contributed by atoms with Crippen LogP contribution >= 0.6 is 0 Å². The quantitative estimate of drug-likeness (QED) is 0.248. The number of anilines is 2. The molecule has 0 bridgehead atoms. The molecule has 0 aliphatic rings. The van der Waals surface area contributed by atoms with Gasteiger partial charge in [0.25, 0.3) is 11.8 Å². The summed E-state index contributed by atoms with van der Waals surface area (Å²) in [6.07, 6.45) is 0. The van der Waals surface area contributed by atoms with Crippen LogP contribution < -0.4 is 33.9 Å². The maximum Gasteiger partial charge on any atom is 0.258 e. The molecule has 9 nitrogen and oxygen atoms in total. The molecule has 0 fully saturated rings. The van der Waals surface area contributed by atoms with Gasteiger partial charge in [0, 0.05) is 28.9 Å². The van der Waals surface area contributed by atoms with E-state index in [0.717, 1.165) is 5.56 Å². The lowest BCUT2D eigenvalue weighted by molar-refractivity contribution is 0.0982. The molecule has 0 unspecified atom stereocenters. The van der Waals surface area contributed by atoms with Crippen molar-refractivity contribution in [3.05, 3.63) is 102 Å². The Bertz CT molecular complexity index is 1460. The van der Waals surface area contributed by atoms with Gasteiger partial charge < -0.3 is 33.9 Å². The minimum absolute atomic E-state index is 0.251. The first-order valence-electron chi connectivity index (χ1n) is 12.7. The molecule has 4 aromatic rings. The highest BCUT2D eigenvalue weighted by atomic mass is 16.5. The Morgan fingerprint density at radius 1 is 0.634 bits per heavy atom. The van der Waals surface area contributed by atoms with Crippen molar-refractivity contribution in [3.8, 4) is 28.7 Å². The molecule has 0 atom stereocenters. The second kappa shape index (κ2) is 13.3. The monoisotopic (exact) mass is 556 g/mol. The van der Waals surface area contributed by atoms with Crippen LogP contribution in [0.1, 0.15) is 26.3 Å². The van der Waals surface area contributed by atoms with Crippen LogP contribution in [0.4, 0.5) is 11.4 Å². The fraction of sp³-hybridized carbons (Fsp3) is 0.188. The third-order valence-electron chi connectivity index (χ3n) is 6.45. The van der Waals surface area contributed by atoms with E-state index < -0.39 is 0 Å². The fourth-order valence-corrected chi connectivity index (χ4v) is 4.21. The third-order valence-corrected chi connectivity index (χ3v) is 6.45. The predicted octanol–water partition coefficient (Wildman–Crippen LogP) is 5.83. The minimum Gasteiger partial charge on any atom is -0.497 e. The largest absolute Gasteiger partial charge is 0.497 e. The topological polar surface area (TPSA) is 95.6 Å². The first-order chi connectivity index (χ1) is 19.9. The number of ether oxygens (including phenoxy) is 5. The lowest BCUT2D eigenvalue weighted by Crippen LogP contribution is -2.30. The van der Waals surface area contributed by atoms with Crippen LogP contribution in [0.15, 0.2) is 84.9 Å². The van der Waals surface area contributed by atoms with Crippen molar-refractivity contribution < 1.29 is 33.3 Å². The summed E-state index contributed by atoms with van der Waals surface area (Å²) in [7, 11) is 7.74. The number of hydrogen-bond donors (Lipinski definition) is 1. The molecule has 0 radical (unpaired) electrons. The van der Waals surface area contributed by atoms with Gasteiger partial charge in [-0.2, -0.15) is 0 Å². The second-order valence-corrected chi connectivity index (χ2v) is 8.88. The molecule has 0 spiro atoms. The Labute approximate surface area is 239 Å². The molecule has 0 saturated carbocycles. The highest BCUT2D eigenvalue weighted by molar-refractivity contribution is 6.08. The van der Waals surface area contributed by atoms with E-state index in [2.05, 4.69) is 5.32 Å². The second-order valence-electron chi connectivity index (χ2n) is 8.88. The van der Waals surface area contributed by atoms with Crippen molar-refractivity contribution in [3.63, 3.8) is 0 Å². The van der Waals surface area contributed by atoms with E-state index in [1.807, 2.05) is 24.3 Å². The van der Waals surface area contributed by atoms with Gasteiger partial charge in [-0.05, 0) is 66.2 Å². The van der Waals surface area contributed by atoms with Crippen molar-refractivity contribution in [2.45, 2.75) is 6.54 Å². The Morgan fingerprint density at radius 2 is 1.15 bits per heavy atom. The normalized spacial score (nSPS) is 10.4. The number of carbonyl (C=O) groups is 2. The SMILES string of the molecule is COc1ccc(CN(C(=O)c2ccc(C(=O)Nc3ccc(OC)cc3)cc2)c2cc(OC)c(OC)c(OC)c2)cc1. The van der Waals surface area contributed by atoms with Crippen LogP contribution in [0.2, 0.25) is 0 Å². The number of nitrogens with zero attached hydrogens (tertiary/aromatic N) is 1. The highest BCUT2D eigenvalue weighted by Crippen LogP contribution is 2.41. The zero-order chi connectivity index (χ0) is 29.4. The number of methoxy groups -OCH3 is 5. The van der Waals surface area contributed by atoms with Crippen LogP contribution in [0, 0.1) is 0 Å². The summed E-state index contributed by atoms with van der Waals surface area (Å²) in [5.41, 5.74) is 2.86. The predicted molar refractivity (Wildman–Crippen MR) is 157 cm³/mol. The van der Waals surface area contributed by atoms with Gasteiger partial charge in [-0.25, -0.2) is 0 Å². The molecular formula is C32H32N2O7. The summed E-state index contributed by atoms with van der Waals surface area (Å²) in [5, 5.41) is 2.85. The third kappa shape index (κ3) is 6.70. The molecule has 0 saturated heterocycles. The fourth-order valence-electron chi connectivity index (χ4n) is 4.21. The van der Waals surface area contributed by atoms with E-state index >= 15 is 0 Å². The van der Waals surface area contributed by atoms with E-state index in [-0.39, 0.29) is 18.4 Å². The number of rotatable bonds is 11. The highest BCUT2D eigenvalue weighted by Gasteiger charge is 2.23. The van der Waals surface area contributed by atoms with Crippen LogP contribution in [-0.4, -0.2) is 47.4 Å². The molecule has 0 aliphatic carbocycles. The lowest BCUT2D eigenvalue weighted by Gasteiger charge is -2.25. The van der Waals surface area contributed by atoms with E-state index in [4.69, 9.17) is 23.7 Å². The molecule has 4 aromatic carbocycles. The van der Waals surface area contributed by atoms with Gasteiger partial charge in [-0.3, -0.25) is 9.59 Å². The van der Waals surface area contributed by atoms with E-state index in [9.17, 15) is 9.59 Å². The van der Waals surface area contributed by atoms with Crippen molar-refractivity contribution in [1.29, 1.82) is 0 Å². The summed E-state index contributed by atoms with van der Waals surface area (Å²) in [4.78, 5) is 28.4. The summed E-state index contributed by atoms with van der Waals surface area (Å²) in [5.74, 6) is 2.08. The Morgan fingerprint density at radius 3 is 1.63 bits per heavy atom. The number of benzene rings is 4. The average Bonchev–Trinajstić information content (AvgIpc) is 3.03. The average molecular weight is 557 g/mol. The number of amides is 2. The van der Waals surface area contributed by atoms with Gasteiger partial charge in [0.05, 0.1) is 47.8 Å². The van der Waals surface area contributed by atoms with E-state index in [0.29, 0.717) is 51.2 Å². The first-order valence-corrected chi connectivity index (χ1v) is 12.7. The van der Waals surface area contributed by atoms with Gasteiger partial charge in [-0.15, -0.1) is 0 Å². The molecular weight excluding hydrogens is 524 g/mol. The van der Waals surface area contributed by atoms with Crippen LogP contribution in [-0.2, 0) is 6.54 Å². The van der Waals surface area contributed by atoms with Crippen molar-refractivity contribution in [2.24, 2.45) is 0 Å². The Kier molecular flexibility index (Phi) is 9.32. The van der Waals surface area contributed by atoms with Crippen LogP contribution in [0.3, 0.4) is 0 Å². The van der Waals surface area contributed by atoms with Crippen LogP contribution in [0.5, 0.6) is 28.7 Å². The Hall–Kier alpha value is -5.18. The van der Waals surface area contributed by atoms with Gasteiger partial charge >= 0.3 is 0 Å². The summed E-state index contributed by atoms with van der Waals surface area (Å²) >= 11 is 0. The molecule has 41 heavy (non-hydrogen) atoms. The number of hydrogen-bond acceptors (Lipinski definition) is 7. The number of carbonyl (C=O) groups excluding carboxylic acids is 2. The summed E-state index contributed by atoms with van der Waals surface area (Å²) < 4.78 is 26.9. The molecule has 212 valence electrons. The van der Waals surface area contributed by atoms with Gasteiger partial charge in [-0.1, -0.05) is 12.1 Å². The van der Waals surface area contributed by atoms with Crippen molar-refractivity contribution in [2.75, 3.05) is 45.8 Å². The molecule has 0 aliphatic heterocycles. The van der Waals surface area contributed by atoms with Crippen molar-refractivity contribution >= 4 is 23.2 Å². The van der Waals surface area contributed by atoms with Crippen molar-refractivity contribution in [1.82, 2.24) is 0 Å². The molecule has 9 heteroatoms. The summed E-state index contributed by atoms with van der Waals surface area (Å²) in [6.45, 7) is 0.251. The van der Waals surface area contributed by atoms with E-state index in [1.165, 1.54) is 21.3 Å². The first kappa shape index (κ1) is 28.8. The van der Waals surface area contributed by atoms with Gasteiger partial charge in [0.2, 0.25) is 5.75 Å². The standard InChI is InChI=1S/C32H32N2O7/c1-37-26-14-6-21(7-15-26)20-34(25-18-28(39-3)30(41-5)29(19-25)40-4)32(36)23-10-8-22(9-11-23)31(35)33-24-12-16-27(38-2)17-13-24/h6-19H,20H2,1-5H3,(H,33,35).